The molecule has 2 aromatic rings. The second-order valence-corrected chi connectivity index (χ2v) is 4.61. The summed E-state index contributed by atoms with van der Waals surface area (Å²) in [6, 6.07) is 16.2. The molecule has 0 atom stereocenters. The number of carbonyl (C=O) groups excluding carboxylic acids is 1. The molecular formula is C17H18N2O. The second kappa shape index (κ2) is 6.57. The van der Waals surface area contributed by atoms with E-state index in [0.717, 1.165) is 16.9 Å². The molecule has 0 saturated heterocycles. The van der Waals surface area contributed by atoms with Crippen LogP contribution in [0.2, 0.25) is 0 Å². The predicted molar refractivity (Wildman–Crippen MR) is 82.9 cm³/mol. The zero-order chi connectivity index (χ0) is 14.4. The summed E-state index contributed by atoms with van der Waals surface area (Å²) in [5.74, 6) is -0.160. The van der Waals surface area contributed by atoms with Gasteiger partial charge in [0.1, 0.15) is 0 Å². The first kappa shape index (κ1) is 13.9. The fourth-order valence-corrected chi connectivity index (χ4v) is 1.77. The van der Waals surface area contributed by atoms with Gasteiger partial charge in [0.15, 0.2) is 0 Å². The Morgan fingerprint density at radius 1 is 1.05 bits per heavy atom. The number of hydrogen-bond acceptors (Lipinski definition) is 2. The maximum Gasteiger partial charge on any atom is 0.243 e. The van der Waals surface area contributed by atoms with Crippen LogP contribution < -0.4 is 10.6 Å². The molecule has 0 aliphatic carbocycles. The molecule has 2 aromatic carbocycles. The van der Waals surface area contributed by atoms with Crippen molar-refractivity contribution in [2.75, 3.05) is 5.32 Å². The molecule has 0 unspecified atom stereocenters. The van der Waals surface area contributed by atoms with Gasteiger partial charge in [0.25, 0.3) is 0 Å². The third kappa shape index (κ3) is 3.99. The molecule has 3 nitrogen and oxygen atoms in total. The SMILES string of the molecule is C=CC(=O)NCc1ccc(Nc2ccc(C)cc2)cc1. The highest BCUT2D eigenvalue weighted by atomic mass is 16.1. The maximum atomic E-state index is 11.1. The molecule has 0 spiro atoms. The molecule has 3 heteroatoms. The highest BCUT2D eigenvalue weighted by molar-refractivity contribution is 5.86. The van der Waals surface area contributed by atoms with Crippen LogP contribution in [0, 0.1) is 6.92 Å². The van der Waals surface area contributed by atoms with Gasteiger partial charge in [-0.25, -0.2) is 0 Å². The van der Waals surface area contributed by atoms with Gasteiger partial charge in [-0.15, -0.1) is 0 Å². The highest BCUT2D eigenvalue weighted by Gasteiger charge is 1.98. The second-order valence-electron chi connectivity index (χ2n) is 4.61. The summed E-state index contributed by atoms with van der Waals surface area (Å²) in [5, 5.41) is 6.08. The van der Waals surface area contributed by atoms with Gasteiger partial charge in [-0.05, 0) is 42.8 Å². The van der Waals surface area contributed by atoms with E-state index in [9.17, 15) is 4.79 Å². The van der Waals surface area contributed by atoms with E-state index >= 15 is 0 Å². The molecule has 20 heavy (non-hydrogen) atoms. The minimum Gasteiger partial charge on any atom is -0.356 e. The van der Waals surface area contributed by atoms with Crippen molar-refractivity contribution in [1.82, 2.24) is 5.32 Å². The summed E-state index contributed by atoms with van der Waals surface area (Å²) in [6.45, 7) is 5.99. The average Bonchev–Trinajstić information content (AvgIpc) is 2.48. The molecule has 0 heterocycles. The maximum absolute atomic E-state index is 11.1. The molecule has 2 rings (SSSR count). The van der Waals surface area contributed by atoms with Crippen LogP contribution in [0.15, 0.2) is 61.2 Å². The number of nitrogens with one attached hydrogen (secondary N) is 2. The molecular weight excluding hydrogens is 248 g/mol. The van der Waals surface area contributed by atoms with Crippen LogP contribution in [0.25, 0.3) is 0 Å². The molecule has 0 fully saturated rings. The first-order valence-electron chi connectivity index (χ1n) is 6.50. The summed E-state index contributed by atoms with van der Waals surface area (Å²) in [5.41, 5.74) is 4.37. The van der Waals surface area contributed by atoms with Gasteiger partial charge in [-0.1, -0.05) is 36.4 Å². The average molecular weight is 266 g/mol. The zero-order valence-electron chi connectivity index (χ0n) is 11.5. The van der Waals surface area contributed by atoms with E-state index in [4.69, 9.17) is 0 Å². The van der Waals surface area contributed by atoms with Crippen LogP contribution in [-0.4, -0.2) is 5.91 Å². The Hall–Kier alpha value is -2.55. The number of benzene rings is 2. The minimum atomic E-state index is -0.160. The summed E-state index contributed by atoms with van der Waals surface area (Å²) in [4.78, 5) is 11.1. The topological polar surface area (TPSA) is 41.1 Å². The van der Waals surface area contributed by atoms with Crippen molar-refractivity contribution in [2.24, 2.45) is 0 Å². The van der Waals surface area contributed by atoms with Gasteiger partial charge in [-0.2, -0.15) is 0 Å². The largest absolute Gasteiger partial charge is 0.356 e. The van der Waals surface area contributed by atoms with Crippen LogP contribution in [-0.2, 0) is 11.3 Å². The molecule has 0 bridgehead atoms. The van der Waals surface area contributed by atoms with Crippen molar-refractivity contribution >= 4 is 17.3 Å². The van der Waals surface area contributed by atoms with Crippen molar-refractivity contribution in [3.63, 3.8) is 0 Å². The molecule has 0 radical (unpaired) electrons. The molecule has 1 amide bonds. The molecule has 102 valence electrons. The van der Waals surface area contributed by atoms with Crippen molar-refractivity contribution in [2.45, 2.75) is 13.5 Å². The third-order valence-corrected chi connectivity index (χ3v) is 2.95. The Morgan fingerprint density at radius 2 is 1.60 bits per heavy atom. The van der Waals surface area contributed by atoms with E-state index in [0.29, 0.717) is 6.54 Å². The van der Waals surface area contributed by atoms with Crippen molar-refractivity contribution in [3.8, 4) is 0 Å². The molecule has 2 N–H and O–H groups in total. The van der Waals surface area contributed by atoms with E-state index in [1.807, 2.05) is 36.4 Å². The van der Waals surface area contributed by atoms with Crippen molar-refractivity contribution in [1.29, 1.82) is 0 Å². The first-order valence-corrected chi connectivity index (χ1v) is 6.50. The summed E-state index contributed by atoms with van der Waals surface area (Å²) in [6.07, 6.45) is 1.27. The monoisotopic (exact) mass is 266 g/mol. The third-order valence-electron chi connectivity index (χ3n) is 2.95. The van der Waals surface area contributed by atoms with Crippen molar-refractivity contribution < 1.29 is 4.79 Å². The first-order chi connectivity index (χ1) is 9.67. The Kier molecular flexibility index (Phi) is 4.56. The lowest BCUT2D eigenvalue weighted by atomic mass is 10.2. The standard InChI is InChI=1S/C17H18N2O/c1-3-17(20)18-12-14-6-10-16(11-7-14)19-15-8-4-13(2)5-9-15/h3-11,19H,1,12H2,2H3,(H,18,20). The normalized spacial score (nSPS) is 9.85. The molecule has 0 saturated carbocycles. The molecule has 0 aliphatic rings. The van der Waals surface area contributed by atoms with Crippen LogP contribution in [0.5, 0.6) is 0 Å². The number of carbonyl (C=O) groups is 1. The molecule has 0 aliphatic heterocycles. The Balaban J connectivity index is 1.95. The van der Waals surface area contributed by atoms with Crippen LogP contribution >= 0.6 is 0 Å². The van der Waals surface area contributed by atoms with E-state index in [-0.39, 0.29) is 5.91 Å². The number of rotatable bonds is 5. The summed E-state index contributed by atoms with van der Waals surface area (Å²) < 4.78 is 0. The lowest BCUT2D eigenvalue weighted by Crippen LogP contribution is -2.19. The smallest absolute Gasteiger partial charge is 0.243 e. The van der Waals surface area contributed by atoms with Gasteiger partial charge in [0, 0.05) is 17.9 Å². The molecule has 0 aromatic heterocycles. The fraction of sp³-hybridized carbons (Fsp3) is 0.118. The number of hydrogen-bond donors (Lipinski definition) is 2. The van der Waals surface area contributed by atoms with E-state index in [1.165, 1.54) is 11.6 Å². The zero-order valence-corrected chi connectivity index (χ0v) is 11.5. The van der Waals surface area contributed by atoms with Crippen LogP contribution in [0.1, 0.15) is 11.1 Å². The van der Waals surface area contributed by atoms with Gasteiger partial charge in [-0.3, -0.25) is 4.79 Å². The van der Waals surface area contributed by atoms with E-state index in [1.54, 1.807) is 0 Å². The van der Waals surface area contributed by atoms with E-state index in [2.05, 4.69) is 36.3 Å². The lowest BCUT2D eigenvalue weighted by Gasteiger charge is -2.08. The van der Waals surface area contributed by atoms with Gasteiger partial charge in [0.2, 0.25) is 5.91 Å². The van der Waals surface area contributed by atoms with Crippen LogP contribution in [0.4, 0.5) is 11.4 Å². The Labute approximate surface area is 119 Å². The number of aryl methyl sites for hydroxylation is 1. The van der Waals surface area contributed by atoms with Crippen molar-refractivity contribution in [3.05, 3.63) is 72.3 Å². The van der Waals surface area contributed by atoms with Gasteiger partial charge >= 0.3 is 0 Å². The summed E-state index contributed by atoms with van der Waals surface area (Å²) >= 11 is 0. The van der Waals surface area contributed by atoms with Gasteiger partial charge < -0.3 is 10.6 Å². The lowest BCUT2D eigenvalue weighted by molar-refractivity contribution is -0.116. The van der Waals surface area contributed by atoms with Crippen LogP contribution in [0.3, 0.4) is 0 Å². The Morgan fingerprint density at radius 3 is 2.15 bits per heavy atom. The minimum absolute atomic E-state index is 0.160. The fourth-order valence-electron chi connectivity index (χ4n) is 1.77. The highest BCUT2D eigenvalue weighted by Crippen LogP contribution is 2.17. The van der Waals surface area contributed by atoms with Gasteiger partial charge in [0.05, 0.1) is 0 Å². The number of amides is 1. The predicted octanol–water partition coefficient (Wildman–Crippen LogP) is 3.54. The summed E-state index contributed by atoms with van der Waals surface area (Å²) in [7, 11) is 0. The Bertz CT molecular complexity index is 585. The number of anilines is 2. The quantitative estimate of drug-likeness (QED) is 0.813. The van der Waals surface area contributed by atoms with E-state index < -0.39 is 0 Å².